The number of aryl methyl sites for hydroxylation is 1. The molecule has 7 nitrogen and oxygen atoms in total. The number of rotatable bonds is 5. The maximum atomic E-state index is 14.2. The first kappa shape index (κ1) is 19.0. The first-order chi connectivity index (χ1) is 14.5. The van der Waals surface area contributed by atoms with Crippen molar-refractivity contribution in [1.82, 2.24) is 20.4 Å². The molecule has 2 aliphatic rings. The highest BCUT2D eigenvalue weighted by Gasteiger charge is 2.48. The lowest BCUT2D eigenvalue weighted by molar-refractivity contribution is 0.120. The fourth-order valence-electron chi connectivity index (χ4n) is 4.37. The predicted octanol–water partition coefficient (Wildman–Crippen LogP) is 3.86. The van der Waals surface area contributed by atoms with Crippen molar-refractivity contribution in [2.45, 2.75) is 26.7 Å². The average Bonchev–Trinajstić information content (AvgIpc) is 3.04. The largest absolute Gasteiger partial charge is 0.361 e. The van der Waals surface area contributed by atoms with E-state index in [9.17, 15) is 4.39 Å². The number of nitrogens with zero attached hydrogens (tertiary/aromatic N) is 4. The second-order valence-corrected chi connectivity index (χ2v) is 8.69. The second kappa shape index (κ2) is 7.05. The quantitative estimate of drug-likeness (QED) is 0.664. The van der Waals surface area contributed by atoms with Gasteiger partial charge in [0.15, 0.2) is 5.82 Å². The van der Waals surface area contributed by atoms with Gasteiger partial charge in [-0.2, -0.15) is 0 Å². The van der Waals surface area contributed by atoms with Crippen LogP contribution in [-0.4, -0.2) is 41.3 Å². The molecule has 8 heteroatoms. The van der Waals surface area contributed by atoms with Crippen LogP contribution < -0.4 is 15.5 Å². The molecule has 0 aliphatic carbocycles. The van der Waals surface area contributed by atoms with Gasteiger partial charge in [-0.1, -0.05) is 19.0 Å². The van der Waals surface area contributed by atoms with E-state index in [0.29, 0.717) is 11.2 Å². The van der Waals surface area contributed by atoms with Crippen molar-refractivity contribution in [3.05, 3.63) is 48.0 Å². The van der Waals surface area contributed by atoms with Crippen LogP contribution in [0.5, 0.6) is 0 Å². The molecule has 1 aromatic carbocycles. The van der Waals surface area contributed by atoms with Crippen molar-refractivity contribution in [3.8, 4) is 11.1 Å². The van der Waals surface area contributed by atoms with E-state index in [2.05, 4.69) is 30.7 Å². The SMILES string of the molecule is Cc1onc(C(C)C)c1-c1cc(F)ccc1Nc1cncnc1N1CC2(CNC2)C1. The average molecular weight is 408 g/mol. The molecule has 0 saturated carbocycles. The van der Waals surface area contributed by atoms with Gasteiger partial charge in [0.25, 0.3) is 0 Å². The van der Waals surface area contributed by atoms with Crippen molar-refractivity contribution in [1.29, 1.82) is 0 Å². The molecule has 3 aromatic rings. The van der Waals surface area contributed by atoms with Gasteiger partial charge in [0.1, 0.15) is 23.6 Å². The molecule has 0 radical (unpaired) electrons. The molecular weight excluding hydrogens is 383 g/mol. The summed E-state index contributed by atoms with van der Waals surface area (Å²) in [5, 5.41) is 11.0. The maximum Gasteiger partial charge on any atom is 0.155 e. The first-order valence-electron chi connectivity index (χ1n) is 10.2. The molecule has 2 saturated heterocycles. The Morgan fingerprint density at radius 2 is 2.03 bits per heavy atom. The summed E-state index contributed by atoms with van der Waals surface area (Å²) in [5.74, 6) is 1.37. The molecular formula is C22H25FN6O. The number of hydrogen-bond donors (Lipinski definition) is 2. The molecule has 2 aromatic heterocycles. The zero-order chi connectivity index (χ0) is 20.9. The van der Waals surface area contributed by atoms with Gasteiger partial charge in [0, 0.05) is 48.4 Å². The summed E-state index contributed by atoms with van der Waals surface area (Å²) in [4.78, 5) is 11.0. The Kier molecular flexibility index (Phi) is 4.47. The van der Waals surface area contributed by atoms with Crippen molar-refractivity contribution in [3.63, 3.8) is 0 Å². The lowest BCUT2D eigenvalue weighted by Crippen LogP contribution is -2.71. The highest BCUT2D eigenvalue weighted by Crippen LogP contribution is 2.42. The van der Waals surface area contributed by atoms with Crippen molar-refractivity contribution >= 4 is 17.2 Å². The molecule has 4 heterocycles. The van der Waals surface area contributed by atoms with Crippen molar-refractivity contribution < 1.29 is 8.91 Å². The van der Waals surface area contributed by atoms with Crippen LogP contribution in [0.2, 0.25) is 0 Å². The van der Waals surface area contributed by atoms with Gasteiger partial charge in [-0.25, -0.2) is 14.4 Å². The zero-order valence-electron chi connectivity index (χ0n) is 17.4. The maximum absolute atomic E-state index is 14.2. The number of hydrogen-bond acceptors (Lipinski definition) is 7. The summed E-state index contributed by atoms with van der Waals surface area (Å²) >= 11 is 0. The van der Waals surface area contributed by atoms with Gasteiger partial charge in [-0.05, 0) is 31.0 Å². The summed E-state index contributed by atoms with van der Waals surface area (Å²) in [6.45, 7) is 10.0. The van der Waals surface area contributed by atoms with E-state index in [1.54, 1.807) is 18.6 Å². The molecule has 0 unspecified atom stereocenters. The van der Waals surface area contributed by atoms with Gasteiger partial charge in [0.05, 0.1) is 11.9 Å². The van der Waals surface area contributed by atoms with E-state index in [1.165, 1.54) is 12.1 Å². The van der Waals surface area contributed by atoms with E-state index >= 15 is 0 Å². The molecule has 2 aliphatic heterocycles. The van der Waals surface area contributed by atoms with Crippen LogP contribution in [0.15, 0.2) is 35.2 Å². The fraction of sp³-hybridized carbons (Fsp3) is 0.409. The minimum absolute atomic E-state index is 0.151. The van der Waals surface area contributed by atoms with Crippen LogP contribution >= 0.6 is 0 Å². The lowest BCUT2D eigenvalue weighted by atomic mass is 9.74. The fourth-order valence-corrected chi connectivity index (χ4v) is 4.37. The minimum atomic E-state index is -0.308. The molecule has 5 rings (SSSR count). The number of nitrogens with one attached hydrogen (secondary N) is 2. The Morgan fingerprint density at radius 3 is 2.73 bits per heavy atom. The lowest BCUT2D eigenvalue weighted by Gasteiger charge is -2.56. The molecule has 1 spiro atoms. The predicted molar refractivity (Wildman–Crippen MR) is 114 cm³/mol. The highest BCUT2D eigenvalue weighted by atomic mass is 19.1. The topological polar surface area (TPSA) is 79.1 Å². The molecule has 2 N–H and O–H groups in total. The van der Waals surface area contributed by atoms with Crippen LogP contribution in [0.4, 0.5) is 21.6 Å². The van der Waals surface area contributed by atoms with Gasteiger partial charge >= 0.3 is 0 Å². The smallest absolute Gasteiger partial charge is 0.155 e. The number of aromatic nitrogens is 3. The Bertz CT molecular complexity index is 1080. The Labute approximate surface area is 174 Å². The second-order valence-electron chi connectivity index (χ2n) is 8.69. The molecule has 2 fully saturated rings. The third-order valence-electron chi connectivity index (χ3n) is 6.00. The van der Waals surface area contributed by atoms with Crippen molar-refractivity contribution in [2.24, 2.45) is 5.41 Å². The van der Waals surface area contributed by atoms with E-state index in [4.69, 9.17) is 4.52 Å². The summed E-state index contributed by atoms with van der Waals surface area (Å²) in [6.07, 6.45) is 3.33. The van der Waals surface area contributed by atoms with Gasteiger partial charge < -0.3 is 20.1 Å². The summed E-state index contributed by atoms with van der Waals surface area (Å²) in [5.41, 5.74) is 4.31. The monoisotopic (exact) mass is 408 g/mol. The Balaban J connectivity index is 1.51. The molecule has 0 bridgehead atoms. The number of anilines is 3. The standard InChI is InChI=1S/C22H25FN6O/c1-13(2)20-19(14(3)30-28-20)16-6-15(23)4-5-17(16)27-18-7-24-12-26-21(18)29-10-22(11-29)8-25-9-22/h4-7,12-13,25,27H,8-11H2,1-3H3. The van der Waals surface area contributed by atoms with Gasteiger partial charge in [0.2, 0.25) is 0 Å². The molecule has 30 heavy (non-hydrogen) atoms. The van der Waals surface area contributed by atoms with Crippen LogP contribution in [0, 0.1) is 18.2 Å². The van der Waals surface area contributed by atoms with Gasteiger partial charge in [-0.15, -0.1) is 0 Å². The van der Waals surface area contributed by atoms with Crippen LogP contribution in [0.1, 0.15) is 31.2 Å². The summed E-state index contributed by atoms with van der Waals surface area (Å²) < 4.78 is 19.7. The highest BCUT2D eigenvalue weighted by molar-refractivity contribution is 5.85. The Hall–Kier alpha value is -3.00. The minimum Gasteiger partial charge on any atom is -0.361 e. The third kappa shape index (κ3) is 3.11. The van der Waals surface area contributed by atoms with E-state index in [1.807, 2.05) is 20.8 Å². The molecule has 0 atom stereocenters. The zero-order valence-corrected chi connectivity index (χ0v) is 17.4. The van der Waals surface area contributed by atoms with E-state index in [-0.39, 0.29) is 11.7 Å². The molecule has 156 valence electrons. The third-order valence-corrected chi connectivity index (χ3v) is 6.00. The number of halogens is 1. The van der Waals surface area contributed by atoms with Gasteiger partial charge in [-0.3, -0.25) is 0 Å². The number of benzene rings is 1. The van der Waals surface area contributed by atoms with Crippen LogP contribution in [0.3, 0.4) is 0 Å². The summed E-state index contributed by atoms with van der Waals surface area (Å²) in [7, 11) is 0. The first-order valence-corrected chi connectivity index (χ1v) is 10.2. The van der Waals surface area contributed by atoms with Crippen LogP contribution in [0.25, 0.3) is 11.1 Å². The van der Waals surface area contributed by atoms with E-state index < -0.39 is 0 Å². The molecule has 0 amide bonds. The van der Waals surface area contributed by atoms with Crippen molar-refractivity contribution in [2.75, 3.05) is 36.4 Å². The summed E-state index contributed by atoms with van der Waals surface area (Å²) in [6, 6.07) is 4.72. The van der Waals surface area contributed by atoms with Crippen LogP contribution in [-0.2, 0) is 0 Å². The van der Waals surface area contributed by atoms with E-state index in [0.717, 1.165) is 60.2 Å². The Morgan fingerprint density at radius 1 is 1.23 bits per heavy atom. The normalized spacial score (nSPS) is 17.2.